The SMILES string of the molecule is CCCCCCC(O)CCCCCCCCCS(=O)(=O)[O-].[K+]. The molecule has 0 saturated carbocycles. The minimum atomic E-state index is -4.02. The summed E-state index contributed by atoms with van der Waals surface area (Å²) in [7, 11) is -4.02. The van der Waals surface area contributed by atoms with Gasteiger partial charge in [0, 0.05) is 5.75 Å². The van der Waals surface area contributed by atoms with E-state index in [4.69, 9.17) is 0 Å². The molecule has 0 aromatic carbocycles. The molecule has 0 bridgehead atoms. The predicted octanol–water partition coefficient (Wildman–Crippen LogP) is 0.988. The Balaban J connectivity index is 0. The predicted molar refractivity (Wildman–Crippen MR) is 86.3 cm³/mol. The van der Waals surface area contributed by atoms with E-state index in [0.717, 1.165) is 57.8 Å². The van der Waals surface area contributed by atoms with Gasteiger partial charge in [-0.15, -0.1) is 0 Å². The van der Waals surface area contributed by atoms with Crippen molar-refractivity contribution in [2.45, 2.75) is 96.5 Å². The van der Waals surface area contributed by atoms with E-state index in [1.165, 1.54) is 19.3 Å². The summed E-state index contributed by atoms with van der Waals surface area (Å²) in [5.41, 5.74) is 0. The van der Waals surface area contributed by atoms with Crippen molar-refractivity contribution in [2.24, 2.45) is 0 Å². The summed E-state index contributed by atoms with van der Waals surface area (Å²) in [6, 6.07) is 0. The Morgan fingerprint density at radius 3 is 1.68 bits per heavy atom. The van der Waals surface area contributed by atoms with E-state index in [1.54, 1.807) is 0 Å². The van der Waals surface area contributed by atoms with Crippen molar-refractivity contribution >= 4 is 10.1 Å². The Hall–Kier alpha value is 1.51. The van der Waals surface area contributed by atoms with E-state index in [1.807, 2.05) is 0 Å². The minimum Gasteiger partial charge on any atom is -0.748 e. The Labute approximate surface area is 180 Å². The van der Waals surface area contributed by atoms with E-state index < -0.39 is 10.1 Å². The van der Waals surface area contributed by atoms with Crippen LogP contribution in [0.2, 0.25) is 0 Å². The summed E-state index contributed by atoms with van der Waals surface area (Å²) in [5.74, 6) is -0.225. The van der Waals surface area contributed by atoms with E-state index in [9.17, 15) is 18.1 Å². The molecule has 0 rings (SSSR count). The van der Waals surface area contributed by atoms with Crippen LogP contribution in [0.3, 0.4) is 0 Å². The van der Waals surface area contributed by atoms with Crippen LogP contribution < -0.4 is 51.4 Å². The molecule has 0 spiro atoms. The molecule has 4 nitrogen and oxygen atoms in total. The molecule has 128 valence electrons. The van der Waals surface area contributed by atoms with E-state index in [0.29, 0.717) is 6.42 Å². The molecular formula is C16H33KO4S. The van der Waals surface area contributed by atoms with E-state index in [2.05, 4.69) is 6.92 Å². The second-order valence-corrected chi connectivity index (χ2v) is 7.55. The first-order valence-electron chi connectivity index (χ1n) is 8.57. The Bertz CT molecular complexity index is 320. The molecule has 0 aromatic rings. The third kappa shape index (κ3) is 21.5. The normalized spacial score (nSPS) is 12.9. The fourth-order valence-corrected chi connectivity index (χ4v) is 3.05. The number of hydrogen-bond acceptors (Lipinski definition) is 4. The van der Waals surface area contributed by atoms with Crippen molar-refractivity contribution in [3.8, 4) is 0 Å². The maximum atomic E-state index is 10.4. The van der Waals surface area contributed by atoms with Crippen molar-refractivity contribution in [3.05, 3.63) is 0 Å². The van der Waals surface area contributed by atoms with E-state index in [-0.39, 0.29) is 63.2 Å². The zero-order valence-corrected chi connectivity index (χ0v) is 18.5. The molecule has 1 unspecified atom stereocenters. The molecule has 0 aliphatic heterocycles. The van der Waals surface area contributed by atoms with Gasteiger partial charge in [0.1, 0.15) is 0 Å². The summed E-state index contributed by atoms with van der Waals surface area (Å²) < 4.78 is 31.2. The van der Waals surface area contributed by atoms with Crippen LogP contribution in [0.5, 0.6) is 0 Å². The summed E-state index contributed by atoms with van der Waals surface area (Å²) in [6.07, 6.45) is 13.3. The zero-order chi connectivity index (χ0) is 16.0. The maximum Gasteiger partial charge on any atom is 1.00 e. The second kappa shape index (κ2) is 17.3. The van der Waals surface area contributed by atoms with Gasteiger partial charge in [0.15, 0.2) is 0 Å². The van der Waals surface area contributed by atoms with Crippen LogP contribution in [-0.2, 0) is 10.1 Å². The van der Waals surface area contributed by atoms with Crippen LogP contribution in [0.1, 0.15) is 90.4 Å². The summed E-state index contributed by atoms with van der Waals surface area (Å²) in [4.78, 5) is 0. The Kier molecular flexibility index (Phi) is 20.3. The minimum absolute atomic E-state index is 0. The van der Waals surface area contributed by atoms with Gasteiger partial charge < -0.3 is 9.66 Å². The molecule has 1 N–H and O–H groups in total. The van der Waals surface area contributed by atoms with Gasteiger partial charge in [-0.25, -0.2) is 8.42 Å². The van der Waals surface area contributed by atoms with Gasteiger partial charge in [0.05, 0.1) is 16.2 Å². The Morgan fingerprint density at radius 2 is 1.23 bits per heavy atom. The average Bonchev–Trinajstić information content (AvgIpc) is 2.40. The molecule has 0 amide bonds. The molecule has 0 aliphatic rings. The molecule has 1 atom stereocenters. The average molecular weight is 361 g/mol. The number of aliphatic hydroxyl groups is 1. The van der Waals surface area contributed by atoms with Gasteiger partial charge in [-0.05, 0) is 19.3 Å². The second-order valence-electron chi connectivity index (χ2n) is 6.03. The molecule has 0 aromatic heterocycles. The molecule has 0 radical (unpaired) electrons. The van der Waals surface area contributed by atoms with Crippen molar-refractivity contribution in [1.29, 1.82) is 0 Å². The number of aliphatic hydroxyl groups excluding tert-OH is 1. The largest absolute Gasteiger partial charge is 1.00 e. The topological polar surface area (TPSA) is 77.4 Å². The fourth-order valence-electron chi connectivity index (χ4n) is 2.49. The summed E-state index contributed by atoms with van der Waals surface area (Å²) in [5, 5.41) is 9.81. The van der Waals surface area contributed by atoms with Gasteiger partial charge >= 0.3 is 51.4 Å². The number of rotatable bonds is 15. The molecule has 6 heteroatoms. The molecule has 0 saturated heterocycles. The third-order valence-electron chi connectivity index (χ3n) is 3.82. The van der Waals surface area contributed by atoms with Gasteiger partial charge in [-0.2, -0.15) is 0 Å². The van der Waals surface area contributed by atoms with Gasteiger partial charge in [0.25, 0.3) is 0 Å². The smallest absolute Gasteiger partial charge is 0.748 e. The summed E-state index contributed by atoms with van der Waals surface area (Å²) in [6.45, 7) is 2.19. The maximum absolute atomic E-state index is 10.4. The first-order valence-corrected chi connectivity index (χ1v) is 10.1. The van der Waals surface area contributed by atoms with Crippen LogP contribution >= 0.6 is 0 Å². The van der Waals surface area contributed by atoms with Gasteiger partial charge in [0.2, 0.25) is 0 Å². The molecular weight excluding hydrogens is 327 g/mol. The molecule has 22 heavy (non-hydrogen) atoms. The number of unbranched alkanes of at least 4 members (excludes halogenated alkanes) is 9. The van der Waals surface area contributed by atoms with Gasteiger partial charge in [-0.1, -0.05) is 71.1 Å². The number of hydrogen-bond donors (Lipinski definition) is 1. The first kappa shape index (κ1) is 25.7. The van der Waals surface area contributed by atoms with Crippen LogP contribution in [-0.4, -0.2) is 29.9 Å². The molecule has 0 heterocycles. The van der Waals surface area contributed by atoms with Crippen molar-refractivity contribution in [1.82, 2.24) is 0 Å². The first-order chi connectivity index (χ1) is 9.95. The monoisotopic (exact) mass is 360 g/mol. The van der Waals surface area contributed by atoms with Crippen LogP contribution in [0.15, 0.2) is 0 Å². The third-order valence-corrected chi connectivity index (χ3v) is 4.61. The van der Waals surface area contributed by atoms with Crippen molar-refractivity contribution in [2.75, 3.05) is 5.75 Å². The van der Waals surface area contributed by atoms with Crippen LogP contribution in [0.25, 0.3) is 0 Å². The molecule has 0 aliphatic carbocycles. The van der Waals surface area contributed by atoms with Crippen molar-refractivity contribution in [3.63, 3.8) is 0 Å². The standard InChI is InChI=1S/C16H34O4S.K/c1-2-3-4-10-13-16(17)14-11-8-6-5-7-9-12-15-21(18,19)20;/h16-17H,2-15H2,1H3,(H,18,19,20);/q;+1/p-1. The van der Waals surface area contributed by atoms with Crippen LogP contribution in [0, 0.1) is 0 Å². The Morgan fingerprint density at radius 1 is 0.818 bits per heavy atom. The molecule has 0 fully saturated rings. The van der Waals surface area contributed by atoms with Crippen molar-refractivity contribution < 1.29 is 69.5 Å². The zero-order valence-electron chi connectivity index (χ0n) is 14.6. The van der Waals surface area contributed by atoms with E-state index >= 15 is 0 Å². The van der Waals surface area contributed by atoms with Crippen LogP contribution in [0.4, 0.5) is 0 Å². The summed E-state index contributed by atoms with van der Waals surface area (Å²) >= 11 is 0. The van der Waals surface area contributed by atoms with Gasteiger partial charge in [-0.3, -0.25) is 0 Å². The quantitative estimate of drug-likeness (QED) is 0.268. The fraction of sp³-hybridized carbons (Fsp3) is 1.00.